The van der Waals surface area contributed by atoms with Gasteiger partial charge in [-0.2, -0.15) is 11.6 Å². The molecule has 0 saturated heterocycles. The van der Waals surface area contributed by atoms with Gasteiger partial charge < -0.3 is 29.6 Å². The van der Waals surface area contributed by atoms with Gasteiger partial charge in [0.1, 0.15) is 0 Å². The van der Waals surface area contributed by atoms with Crippen LogP contribution in [0, 0.1) is 6.08 Å². The molecule has 0 N–H and O–H groups in total. The Morgan fingerprint density at radius 1 is 1.15 bits per heavy atom. The van der Waals surface area contributed by atoms with Crippen molar-refractivity contribution in [1.82, 2.24) is 0 Å². The molecule has 0 fully saturated rings. The van der Waals surface area contributed by atoms with Gasteiger partial charge in [0, 0.05) is 0 Å². The molecule has 20 heavy (non-hydrogen) atoms. The molecule has 1 aliphatic rings. The van der Waals surface area contributed by atoms with Crippen LogP contribution in [-0.4, -0.2) is 12.2 Å². The van der Waals surface area contributed by atoms with E-state index in [1.165, 1.54) is 11.1 Å². The van der Waals surface area contributed by atoms with E-state index in [0.717, 1.165) is 12.8 Å². The van der Waals surface area contributed by atoms with E-state index in [4.69, 9.17) is 4.74 Å². The molecular weight excluding hydrogens is 327 g/mol. The number of halogens is 2. The van der Waals surface area contributed by atoms with Crippen LogP contribution < -0.4 is 24.8 Å². The second-order valence-electron chi connectivity index (χ2n) is 4.60. The molecule has 107 valence electrons. The van der Waals surface area contributed by atoms with Crippen LogP contribution in [0.15, 0.2) is 48.1 Å². The third kappa shape index (κ3) is 7.10. The first-order valence-corrected chi connectivity index (χ1v) is 6.22. The van der Waals surface area contributed by atoms with Gasteiger partial charge in [-0.25, -0.2) is 6.08 Å². The zero-order valence-corrected chi connectivity index (χ0v) is 14.8. The van der Waals surface area contributed by atoms with Crippen molar-refractivity contribution in [3.05, 3.63) is 59.7 Å². The maximum Gasteiger partial charge on any atom is 3.00 e. The van der Waals surface area contributed by atoms with Crippen LogP contribution in [0.3, 0.4) is 0 Å². The van der Waals surface area contributed by atoms with E-state index >= 15 is 0 Å². The Balaban J connectivity index is 0. The van der Waals surface area contributed by atoms with Gasteiger partial charge in [-0.3, -0.25) is 6.08 Å². The Labute approximate surface area is 149 Å². The third-order valence-electron chi connectivity index (χ3n) is 2.77. The molecule has 1 nitrogen and oxygen atoms in total. The van der Waals surface area contributed by atoms with Crippen LogP contribution in [0.1, 0.15) is 25.8 Å². The van der Waals surface area contributed by atoms with Gasteiger partial charge in [0.05, 0.1) is 12.2 Å². The largest absolute Gasteiger partial charge is 3.00 e. The molecule has 0 amide bonds. The smallest absolute Gasteiger partial charge is 1.00 e. The van der Waals surface area contributed by atoms with E-state index in [2.05, 4.69) is 56.3 Å². The van der Waals surface area contributed by atoms with E-state index in [1.54, 1.807) is 0 Å². The van der Waals surface area contributed by atoms with Crippen LogP contribution in [0.25, 0.3) is 0 Å². The summed E-state index contributed by atoms with van der Waals surface area (Å²) in [6.45, 7) is 4.16. The third-order valence-corrected chi connectivity index (χ3v) is 2.77. The summed E-state index contributed by atoms with van der Waals surface area (Å²) in [7, 11) is 0. The van der Waals surface area contributed by atoms with Gasteiger partial charge >= 0.3 is 21.7 Å². The average molecular weight is 346 g/mol. The van der Waals surface area contributed by atoms with Gasteiger partial charge in [-0.05, 0) is 25.8 Å². The molecule has 2 rings (SSSR count). The molecule has 0 aliphatic heterocycles. The average Bonchev–Trinajstić information content (AvgIpc) is 2.82. The summed E-state index contributed by atoms with van der Waals surface area (Å²) in [4.78, 5) is 0. The first-order valence-electron chi connectivity index (χ1n) is 6.22. The van der Waals surface area contributed by atoms with Crippen molar-refractivity contribution in [3.63, 3.8) is 0 Å². The number of ether oxygens (including phenoxy) is 1. The summed E-state index contributed by atoms with van der Waals surface area (Å²) >= 11 is 0. The van der Waals surface area contributed by atoms with Crippen molar-refractivity contribution in [2.24, 2.45) is 0 Å². The topological polar surface area (TPSA) is 9.23 Å². The van der Waals surface area contributed by atoms with E-state index in [9.17, 15) is 0 Å². The van der Waals surface area contributed by atoms with Crippen molar-refractivity contribution in [2.75, 3.05) is 0 Å². The minimum atomic E-state index is 0. The zero-order valence-electron chi connectivity index (χ0n) is 11.8. The number of benzene rings is 1. The summed E-state index contributed by atoms with van der Waals surface area (Å²) < 4.78 is 5.99. The molecule has 1 atom stereocenters. The van der Waals surface area contributed by atoms with Crippen molar-refractivity contribution in [1.29, 1.82) is 0 Å². The second-order valence-corrected chi connectivity index (χ2v) is 4.60. The van der Waals surface area contributed by atoms with Crippen LogP contribution >= 0.6 is 0 Å². The summed E-state index contributed by atoms with van der Waals surface area (Å²) in [5.74, 6) is 0. The standard InChI is InChI=1S/C16H19O.2ClH.Ti/c1-13(2)17-16(15-10-6-7-11-15)12-14-8-4-3-5-9-14;;;/h3-6,8-10,13,16H,7,12H2,1-2H3;2*1H;/q-1;;;+3/p-2. The normalized spacial score (nSPS) is 13.8. The Bertz CT molecular complexity index is 416. The van der Waals surface area contributed by atoms with Crippen LogP contribution in [-0.2, 0) is 32.9 Å². The molecule has 1 unspecified atom stereocenters. The molecule has 0 heterocycles. The molecule has 1 radical (unpaired) electrons. The predicted octanol–water partition coefficient (Wildman–Crippen LogP) is -2.28. The van der Waals surface area contributed by atoms with Gasteiger partial charge in [0.25, 0.3) is 0 Å². The van der Waals surface area contributed by atoms with Gasteiger partial charge in [0.2, 0.25) is 0 Å². The first kappa shape index (κ1) is 22.2. The Kier molecular flexibility index (Phi) is 12.9. The second kappa shape index (κ2) is 11.6. The number of hydrogen-bond acceptors (Lipinski definition) is 1. The summed E-state index contributed by atoms with van der Waals surface area (Å²) in [5, 5.41) is 0. The molecule has 4 heteroatoms. The Morgan fingerprint density at radius 3 is 2.30 bits per heavy atom. The molecule has 0 saturated carbocycles. The molecule has 1 aliphatic carbocycles. The van der Waals surface area contributed by atoms with E-state index in [1.807, 2.05) is 6.07 Å². The molecule has 1 aromatic rings. The summed E-state index contributed by atoms with van der Waals surface area (Å²) in [6.07, 6.45) is 9.85. The number of hydrogen-bond donors (Lipinski definition) is 0. The van der Waals surface area contributed by atoms with Crippen molar-refractivity contribution < 1.29 is 51.3 Å². The van der Waals surface area contributed by atoms with Crippen molar-refractivity contribution in [3.8, 4) is 0 Å². The van der Waals surface area contributed by atoms with E-state index < -0.39 is 0 Å². The zero-order chi connectivity index (χ0) is 12.1. The molecule has 0 aromatic heterocycles. The predicted molar refractivity (Wildman–Crippen MR) is 70.7 cm³/mol. The molecule has 1 aromatic carbocycles. The van der Waals surface area contributed by atoms with Gasteiger partial charge in [-0.15, -0.1) is 6.42 Å². The van der Waals surface area contributed by atoms with Gasteiger partial charge in [0.15, 0.2) is 0 Å². The van der Waals surface area contributed by atoms with Crippen LogP contribution in [0.4, 0.5) is 0 Å². The number of rotatable bonds is 5. The Hall–Kier alpha value is -0.0457. The number of allylic oxidation sites excluding steroid dienone is 2. The fourth-order valence-corrected chi connectivity index (χ4v) is 2.03. The van der Waals surface area contributed by atoms with Crippen LogP contribution in [0.5, 0.6) is 0 Å². The van der Waals surface area contributed by atoms with E-state index in [0.29, 0.717) is 0 Å². The van der Waals surface area contributed by atoms with Crippen LogP contribution in [0.2, 0.25) is 0 Å². The molecular formula is C16H19Cl2OTi. The summed E-state index contributed by atoms with van der Waals surface area (Å²) in [6, 6.07) is 10.5. The Morgan fingerprint density at radius 2 is 1.80 bits per heavy atom. The van der Waals surface area contributed by atoms with Crippen molar-refractivity contribution >= 4 is 0 Å². The quantitative estimate of drug-likeness (QED) is 0.431. The summed E-state index contributed by atoms with van der Waals surface area (Å²) in [5.41, 5.74) is 2.51. The fraction of sp³-hybridized carbons (Fsp3) is 0.375. The fourth-order valence-electron chi connectivity index (χ4n) is 2.03. The van der Waals surface area contributed by atoms with E-state index in [-0.39, 0.29) is 58.7 Å². The van der Waals surface area contributed by atoms with Crippen molar-refractivity contribution in [2.45, 2.75) is 38.9 Å². The maximum atomic E-state index is 5.99. The molecule has 0 bridgehead atoms. The molecule has 0 spiro atoms. The maximum absolute atomic E-state index is 5.99. The monoisotopic (exact) mass is 345 g/mol. The van der Waals surface area contributed by atoms with Gasteiger partial charge in [-0.1, -0.05) is 30.3 Å². The SMILES string of the molecule is CC(C)OC(Cc1ccccc1)C1=[C-]CC=C1.[Cl-].[Cl-].[Ti+3]. The minimum Gasteiger partial charge on any atom is -1.00 e. The first-order chi connectivity index (χ1) is 8.25. The minimum absolute atomic E-state index is 0.